The van der Waals surface area contributed by atoms with Gasteiger partial charge in [0.05, 0.1) is 17.9 Å². The van der Waals surface area contributed by atoms with E-state index in [1.165, 1.54) is 0 Å². The van der Waals surface area contributed by atoms with Crippen molar-refractivity contribution >= 4 is 35.8 Å². The molecule has 0 fully saturated rings. The highest BCUT2D eigenvalue weighted by Crippen LogP contribution is 2.17. The van der Waals surface area contributed by atoms with E-state index in [1.807, 2.05) is 37.6 Å². The highest BCUT2D eigenvalue weighted by Gasteiger charge is 2.09. The predicted molar refractivity (Wildman–Crippen MR) is 129 cm³/mol. The smallest absolute Gasteiger partial charge is 0.221 e. The Morgan fingerprint density at radius 1 is 1.10 bits per heavy atom. The van der Waals surface area contributed by atoms with E-state index in [9.17, 15) is 4.79 Å². The minimum atomic E-state index is 0. The standard InChI is InChI=1S/C21H32N6O.HI/c1-5-12-23-20(28)11-13-24-21(22-6-2)25-15-18-9-7-8-10-19(18)27-17(4)14-16(3)26-27;/h7-10,14H,5-6,11-13,15H2,1-4H3,(H,23,28)(H2,22,24,25);1H. The van der Waals surface area contributed by atoms with Gasteiger partial charge in [-0.15, -0.1) is 24.0 Å². The zero-order chi connectivity index (χ0) is 20.4. The number of nitrogens with one attached hydrogen (secondary N) is 3. The number of rotatable bonds is 9. The maximum Gasteiger partial charge on any atom is 0.221 e. The third kappa shape index (κ3) is 8.04. The number of hydrogen-bond acceptors (Lipinski definition) is 3. The molecule has 2 rings (SSSR count). The van der Waals surface area contributed by atoms with Crippen LogP contribution in [0.1, 0.15) is 43.6 Å². The number of para-hydroxylation sites is 1. The van der Waals surface area contributed by atoms with E-state index in [4.69, 9.17) is 0 Å². The summed E-state index contributed by atoms with van der Waals surface area (Å²) in [7, 11) is 0. The van der Waals surface area contributed by atoms with Crippen LogP contribution >= 0.6 is 24.0 Å². The van der Waals surface area contributed by atoms with Crippen LogP contribution in [-0.4, -0.2) is 41.3 Å². The number of nitrogens with zero attached hydrogens (tertiary/aromatic N) is 3. The van der Waals surface area contributed by atoms with Crippen molar-refractivity contribution in [3.63, 3.8) is 0 Å². The third-order valence-electron chi connectivity index (χ3n) is 4.20. The van der Waals surface area contributed by atoms with Crippen LogP contribution in [-0.2, 0) is 11.3 Å². The van der Waals surface area contributed by atoms with Gasteiger partial charge in [0.1, 0.15) is 0 Å². The first kappa shape index (κ1) is 24.9. The summed E-state index contributed by atoms with van der Waals surface area (Å²) < 4.78 is 1.96. The highest BCUT2D eigenvalue weighted by molar-refractivity contribution is 14.0. The molecule has 2 aromatic rings. The second-order valence-electron chi connectivity index (χ2n) is 6.69. The molecule has 1 aromatic carbocycles. The van der Waals surface area contributed by atoms with Gasteiger partial charge in [-0.2, -0.15) is 5.10 Å². The highest BCUT2D eigenvalue weighted by atomic mass is 127. The molecule has 1 aromatic heterocycles. The Morgan fingerprint density at radius 3 is 2.52 bits per heavy atom. The quantitative estimate of drug-likeness (QED) is 0.274. The topological polar surface area (TPSA) is 83.3 Å². The molecular formula is C21H33IN6O. The fraction of sp³-hybridized carbons (Fsp3) is 0.476. The van der Waals surface area contributed by atoms with Crippen molar-refractivity contribution in [2.45, 2.75) is 47.1 Å². The van der Waals surface area contributed by atoms with Crippen LogP contribution in [0.25, 0.3) is 5.69 Å². The molecule has 0 radical (unpaired) electrons. The lowest BCUT2D eigenvalue weighted by atomic mass is 10.2. The molecule has 0 aliphatic heterocycles. The summed E-state index contributed by atoms with van der Waals surface area (Å²) in [4.78, 5) is 16.4. The molecule has 0 saturated heterocycles. The van der Waals surface area contributed by atoms with E-state index in [-0.39, 0.29) is 29.9 Å². The number of benzene rings is 1. The third-order valence-corrected chi connectivity index (χ3v) is 4.20. The van der Waals surface area contributed by atoms with Gasteiger partial charge in [-0.3, -0.25) is 4.79 Å². The second-order valence-corrected chi connectivity index (χ2v) is 6.69. The number of carbonyl (C=O) groups is 1. The lowest BCUT2D eigenvalue weighted by Gasteiger charge is -2.13. The minimum Gasteiger partial charge on any atom is -0.357 e. The maximum atomic E-state index is 11.7. The lowest BCUT2D eigenvalue weighted by Crippen LogP contribution is -2.39. The summed E-state index contributed by atoms with van der Waals surface area (Å²) in [5, 5.41) is 13.9. The van der Waals surface area contributed by atoms with Gasteiger partial charge in [0, 0.05) is 31.7 Å². The molecule has 0 aliphatic rings. The molecule has 160 valence electrons. The molecular weight excluding hydrogens is 479 g/mol. The number of aliphatic imine (C=N–C) groups is 1. The molecule has 7 nitrogen and oxygen atoms in total. The van der Waals surface area contributed by atoms with E-state index >= 15 is 0 Å². The van der Waals surface area contributed by atoms with Gasteiger partial charge < -0.3 is 16.0 Å². The zero-order valence-electron chi connectivity index (χ0n) is 17.8. The van der Waals surface area contributed by atoms with Gasteiger partial charge in [-0.05, 0) is 44.9 Å². The Morgan fingerprint density at radius 2 is 1.86 bits per heavy atom. The number of carbonyl (C=O) groups excluding carboxylic acids is 1. The van der Waals surface area contributed by atoms with E-state index in [0.717, 1.165) is 42.1 Å². The van der Waals surface area contributed by atoms with Crippen molar-refractivity contribution in [1.82, 2.24) is 25.7 Å². The van der Waals surface area contributed by atoms with E-state index in [1.54, 1.807) is 0 Å². The number of aryl methyl sites for hydroxylation is 2. The SMILES string of the molecule is CCCNC(=O)CCNC(=NCc1ccccc1-n1nc(C)cc1C)NCC.I. The van der Waals surface area contributed by atoms with Crippen LogP contribution in [0.15, 0.2) is 35.3 Å². The van der Waals surface area contributed by atoms with Crippen molar-refractivity contribution < 1.29 is 4.79 Å². The second kappa shape index (κ2) is 13.2. The van der Waals surface area contributed by atoms with Crippen LogP contribution in [0.3, 0.4) is 0 Å². The van der Waals surface area contributed by atoms with E-state index < -0.39 is 0 Å². The predicted octanol–water partition coefficient (Wildman–Crippen LogP) is 3.08. The van der Waals surface area contributed by atoms with Gasteiger partial charge in [0.15, 0.2) is 5.96 Å². The molecule has 0 spiro atoms. The van der Waals surface area contributed by atoms with Gasteiger partial charge >= 0.3 is 0 Å². The first-order chi connectivity index (χ1) is 13.5. The van der Waals surface area contributed by atoms with Crippen molar-refractivity contribution in [2.75, 3.05) is 19.6 Å². The molecule has 1 amide bonds. The van der Waals surface area contributed by atoms with Crippen molar-refractivity contribution in [2.24, 2.45) is 4.99 Å². The van der Waals surface area contributed by atoms with Gasteiger partial charge in [-0.25, -0.2) is 9.67 Å². The zero-order valence-corrected chi connectivity index (χ0v) is 20.1. The molecule has 8 heteroatoms. The molecule has 0 atom stereocenters. The summed E-state index contributed by atoms with van der Waals surface area (Å²) >= 11 is 0. The molecule has 1 heterocycles. The molecule has 29 heavy (non-hydrogen) atoms. The molecule has 3 N–H and O–H groups in total. The molecule has 0 bridgehead atoms. The van der Waals surface area contributed by atoms with Crippen molar-refractivity contribution in [1.29, 1.82) is 0 Å². The van der Waals surface area contributed by atoms with Crippen LogP contribution in [0.2, 0.25) is 0 Å². The average molecular weight is 512 g/mol. The Bertz CT molecular complexity index is 802. The van der Waals surface area contributed by atoms with Gasteiger partial charge in [0.25, 0.3) is 0 Å². The number of aromatic nitrogens is 2. The number of guanidine groups is 1. The molecule has 0 unspecified atom stereocenters. The molecule has 0 saturated carbocycles. The summed E-state index contributed by atoms with van der Waals surface area (Å²) in [5.41, 5.74) is 4.21. The van der Waals surface area contributed by atoms with Crippen molar-refractivity contribution in [3.8, 4) is 5.69 Å². The number of halogens is 1. The maximum absolute atomic E-state index is 11.7. The minimum absolute atomic E-state index is 0. The normalized spacial score (nSPS) is 11.0. The van der Waals surface area contributed by atoms with Crippen molar-refractivity contribution in [3.05, 3.63) is 47.3 Å². The Hall–Kier alpha value is -2.10. The summed E-state index contributed by atoms with van der Waals surface area (Å²) in [5.74, 6) is 0.758. The first-order valence-corrected chi connectivity index (χ1v) is 9.95. The number of hydrogen-bond donors (Lipinski definition) is 3. The summed E-state index contributed by atoms with van der Waals surface area (Å²) in [6.45, 7) is 10.6. The fourth-order valence-corrected chi connectivity index (χ4v) is 2.88. The van der Waals surface area contributed by atoms with Crippen LogP contribution in [0.4, 0.5) is 0 Å². The summed E-state index contributed by atoms with van der Waals surface area (Å²) in [6, 6.07) is 10.2. The van der Waals surface area contributed by atoms with Gasteiger partial charge in [-0.1, -0.05) is 25.1 Å². The van der Waals surface area contributed by atoms with E-state index in [2.05, 4.69) is 51.2 Å². The molecule has 0 aliphatic carbocycles. The van der Waals surface area contributed by atoms with E-state index in [0.29, 0.717) is 25.5 Å². The monoisotopic (exact) mass is 512 g/mol. The average Bonchev–Trinajstić information content (AvgIpc) is 3.02. The Kier molecular flexibility index (Phi) is 11.3. The van der Waals surface area contributed by atoms with Gasteiger partial charge in [0.2, 0.25) is 5.91 Å². The first-order valence-electron chi connectivity index (χ1n) is 9.95. The van der Waals surface area contributed by atoms with Crippen LogP contribution in [0.5, 0.6) is 0 Å². The summed E-state index contributed by atoms with van der Waals surface area (Å²) in [6.07, 6.45) is 1.37. The van der Waals surface area contributed by atoms with Crippen LogP contribution < -0.4 is 16.0 Å². The lowest BCUT2D eigenvalue weighted by molar-refractivity contribution is -0.120. The van der Waals surface area contributed by atoms with Crippen LogP contribution in [0, 0.1) is 13.8 Å². The Balaban J connectivity index is 0.00000420. The fourth-order valence-electron chi connectivity index (χ4n) is 2.88. The largest absolute Gasteiger partial charge is 0.357 e. The number of amides is 1. The Labute approximate surface area is 190 Å².